The van der Waals surface area contributed by atoms with Crippen LogP contribution in [0.1, 0.15) is 20.8 Å². The molecular formula is C12H21N3O. The highest BCUT2D eigenvalue weighted by Gasteiger charge is 2.28. The predicted octanol–water partition coefficient (Wildman–Crippen LogP) is 0.946. The first-order valence-electron chi connectivity index (χ1n) is 6.00. The Morgan fingerprint density at radius 3 is 2.25 bits per heavy atom. The molecule has 4 nitrogen and oxygen atoms in total. The Balaban J connectivity index is 2.53. The summed E-state index contributed by atoms with van der Waals surface area (Å²) >= 11 is 0. The molecule has 1 aliphatic heterocycles. The Bertz CT molecular complexity index is 274. The van der Waals surface area contributed by atoms with Crippen LogP contribution < -0.4 is 0 Å². The predicted molar refractivity (Wildman–Crippen MR) is 62.6 cm³/mol. The van der Waals surface area contributed by atoms with E-state index in [9.17, 15) is 4.79 Å². The lowest BCUT2D eigenvalue weighted by atomic mass is 9.96. The largest absolute Gasteiger partial charge is 0.339 e. The van der Waals surface area contributed by atoms with Crippen LogP contribution in [0.15, 0.2) is 0 Å². The van der Waals surface area contributed by atoms with Crippen molar-refractivity contribution >= 4 is 5.91 Å². The van der Waals surface area contributed by atoms with E-state index in [0.717, 1.165) is 32.7 Å². The van der Waals surface area contributed by atoms with Gasteiger partial charge in [-0.05, 0) is 12.5 Å². The summed E-state index contributed by atoms with van der Waals surface area (Å²) < 4.78 is 0. The van der Waals surface area contributed by atoms with E-state index >= 15 is 0 Å². The summed E-state index contributed by atoms with van der Waals surface area (Å²) in [6.07, 6.45) is 0. The van der Waals surface area contributed by atoms with Gasteiger partial charge in [-0.25, -0.2) is 0 Å². The molecule has 1 unspecified atom stereocenters. The van der Waals surface area contributed by atoms with Gasteiger partial charge in [0.1, 0.15) is 5.92 Å². The minimum atomic E-state index is -0.479. The third-order valence-corrected chi connectivity index (χ3v) is 3.20. The molecule has 90 valence electrons. The molecule has 16 heavy (non-hydrogen) atoms. The summed E-state index contributed by atoms with van der Waals surface area (Å²) in [5.41, 5.74) is 0. The number of rotatable bonds is 3. The van der Waals surface area contributed by atoms with Crippen LogP contribution in [0, 0.1) is 23.2 Å². The van der Waals surface area contributed by atoms with Gasteiger partial charge >= 0.3 is 0 Å². The number of carbonyl (C=O) groups excluding carboxylic acids is 1. The maximum absolute atomic E-state index is 12.1. The van der Waals surface area contributed by atoms with Crippen LogP contribution in [0.5, 0.6) is 0 Å². The lowest BCUT2D eigenvalue weighted by Gasteiger charge is -2.35. The number of nitriles is 1. The lowest BCUT2D eigenvalue weighted by Crippen LogP contribution is -2.50. The fraction of sp³-hybridized carbons (Fsp3) is 0.833. The lowest BCUT2D eigenvalue weighted by molar-refractivity contribution is -0.136. The number of hydrogen-bond donors (Lipinski definition) is 0. The molecule has 0 bridgehead atoms. The molecule has 1 atom stereocenters. The van der Waals surface area contributed by atoms with Gasteiger partial charge in [-0.15, -0.1) is 0 Å². The Labute approximate surface area is 97.8 Å². The fourth-order valence-electron chi connectivity index (χ4n) is 1.97. The summed E-state index contributed by atoms with van der Waals surface area (Å²) in [6.45, 7) is 10.4. The Morgan fingerprint density at radius 1 is 1.31 bits per heavy atom. The van der Waals surface area contributed by atoms with Crippen molar-refractivity contribution in [3.63, 3.8) is 0 Å². The first kappa shape index (κ1) is 13.0. The number of carbonyl (C=O) groups is 1. The fourth-order valence-corrected chi connectivity index (χ4v) is 1.97. The SMILES string of the molecule is CCN1CCN(C(=O)C(C#N)C(C)C)CC1. The van der Waals surface area contributed by atoms with E-state index in [2.05, 4.69) is 17.9 Å². The van der Waals surface area contributed by atoms with Crippen molar-refractivity contribution in [2.45, 2.75) is 20.8 Å². The Hall–Kier alpha value is -1.08. The average Bonchev–Trinajstić information content (AvgIpc) is 2.29. The number of nitrogens with zero attached hydrogens (tertiary/aromatic N) is 3. The molecule has 1 heterocycles. The number of hydrogen-bond acceptors (Lipinski definition) is 3. The standard InChI is InChI=1S/C12H21N3O/c1-4-14-5-7-15(8-6-14)12(16)11(9-13)10(2)3/h10-11H,4-8H2,1-3H3. The smallest absolute Gasteiger partial charge is 0.240 e. The van der Waals surface area contributed by atoms with Crippen molar-refractivity contribution < 1.29 is 4.79 Å². The van der Waals surface area contributed by atoms with Crippen LogP contribution in [0.4, 0.5) is 0 Å². The highest BCUT2D eigenvalue weighted by atomic mass is 16.2. The van der Waals surface area contributed by atoms with E-state index in [-0.39, 0.29) is 11.8 Å². The van der Waals surface area contributed by atoms with Gasteiger partial charge in [0.15, 0.2) is 0 Å². The summed E-state index contributed by atoms with van der Waals surface area (Å²) in [7, 11) is 0. The van der Waals surface area contributed by atoms with Crippen LogP contribution in [0.25, 0.3) is 0 Å². The van der Waals surface area contributed by atoms with Crippen molar-refractivity contribution in [3.05, 3.63) is 0 Å². The highest BCUT2D eigenvalue weighted by molar-refractivity contribution is 5.81. The zero-order valence-electron chi connectivity index (χ0n) is 10.4. The van der Waals surface area contributed by atoms with Gasteiger partial charge in [0, 0.05) is 26.2 Å². The van der Waals surface area contributed by atoms with Gasteiger partial charge in [-0.1, -0.05) is 20.8 Å². The van der Waals surface area contributed by atoms with E-state index in [4.69, 9.17) is 5.26 Å². The second-order valence-corrected chi connectivity index (χ2v) is 4.61. The summed E-state index contributed by atoms with van der Waals surface area (Å²) in [5.74, 6) is -0.372. The van der Waals surface area contributed by atoms with Gasteiger partial charge in [-0.2, -0.15) is 5.26 Å². The maximum Gasteiger partial charge on any atom is 0.240 e. The molecule has 0 aromatic rings. The van der Waals surface area contributed by atoms with Gasteiger partial charge in [-0.3, -0.25) is 4.79 Å². The molecule has 0 radical (unpaired) electrons. The second kappa shape index (κ2) is 5.86. The van der Waals surface area contributed by atoms with Gasteiger partial charge in [0.2, 0.25) is 5.91 Å². The zero-order valence-corrected chi connectivity index (χ0v) is 10.4. The summed E-state index contributed by atoms with van der Waals surface area (Å²) in [5, 5.41) is 8.99. The topological polar surface area (TPSA) is 47.3 Å². The van der Waals surface area contributed by atoms with Crippen molar-refractivity contribution in [3.8, 4) is 6.07 Å². The zero-order chi connectivity index (χ0) is 12.1. The monoisotopic (exact) mass is 223 g/mol. The van der Waals surface area contributed by atoms with Crippen molar-refractivity contribution in [2.24, 2.45) is 11.8 Å². The third-order valence-electron chi connectivity index (χ3n) is 3.20. The van der Waals surface area contributed by atoms with E-state index < -0.39 is 5.92 Å². The molecule has 0 saturated carbocycles. The van der Waals surface area contributed by atoms with E-state index in [1.54, 1.807) is 0 Å². The Kier molecular flexibility index (Phi) is 4.75. The molecule has 0 N–H and O–H groups in total. The van der Waals surface area contributed by atoms with E-state index in [1.807, 2.05) is 18.7 Å². The summed E-state index contributed by atoms with van der Waals surface area (Å²) in [6, 6.07) is 2.12. The van der Waals surface area contributed by atoms with Gasteiger partial charge < -0.3 is 9.80 Å². The molecule has 1 rings (SSSR count). The highest BCUT2D eigenvalue weighted by Crippen LogP contribution is 2.14. The molecule has 0 aliphatic carbocycles. The molecule has 1 saturated heterocycles. The first-order chi connectivity index (χ1) is 7.60. The molecule has 1 aliphatic rings. The van der Waals surface area contributed by atoms with E-state index in [1.165, 1.54) is 0 Å². The first-order valence-corrected chi connectivity index (χ1v) is 6.00. The van der Waals surface area contributed by atoms with Crippen LogP contribution in [-0.4, -0.2) is 48.4 Å². The molecule has 0 aromatic carbocycles. The third kappa shape index (κ3) is 2.96. The summed E-state index contributed by atoms with van der Waals surface area (Å²) in [4.78, 5) is 16.2. The van der Waals surface area contributed by atoms with Crippen LogP contribution in [0.3, 0.4) is 0 Å². The van der Waals surface area contributed by atoms with Crippen LogP contribution >= 0.6 is 0 Å². The second-order valence-electron chi connectivity index (χ2n) is 4.61. The molecule has 0 aromatic heterocycles. The minimum absolute atomic E-state index is 0.00764. The van der Waals surface area contributed by atoms with Crippen LogP contribution in [-0.2, 0) is 4.79 Å². The Morgan fingerprint density at radius 2 is 1.88 bits per heavy atom. The van der Waals surface area contributed by atoms with E-state index in [0.29, 0.717) is 0 Å². The molecule has 4 heteroatoms. The van der Waals surface area contributed by atoms with Crippen molar-refractivity contribution in [1.29, 1.82) is 5.26 Å². The molecule has 1 amide bonds. The number of piperazine rings is 1. The van der Waals surface area contributed by atoms with Crippen molar-refractivity contribution in [2.75, 3.05) is 32.7 Å². The number of amides is 1. The minimum Gasteiger partial charge on any atom is -0.339 e. The molecule has 0 spiro atoms. The average molecular weight is 223 g/mol. The normalized spacial score (nSPS) is 19.6. The quantitative estimate of drug-likeness (QED) is 0.715. The van der Waals surface area contributed by atoms with Crippen molar-refractivity contribution in [1.82, 2.24) is 9.80 Å². The molecule has 1 fully saturated rings. The maximum atomic E-state index is 12.1. The van der Waals surface area contributed by atoms with Gasteiger partial charge in [0.25, 0.3) is 0 Å². The molecular weight excluding hydrogens is 202 g/mol. The van der Waals surface area contributed by atoms with Crippen LogP contribution in [0.2, 0.25) is 0 Å². The number of likely N-dealkylation sites (N-methyl/N-ethyl adjacent to an activating group) is 1. The van der Waals surface area contributed by atoms with Gasteiger partial charge in [0.05, 0.1) is 6.07 Å².